The van der Waals surface area contributed by atoms with Gasteiger partial charge in [-0.3, -0.25) is 14.9 Å². The fourth-order valence-electron chi connectivity index (χ4n) is 2.18. The number of nitrogens with one attached hydrogen (secondary N) is 1. The Balaban J connectivity index is 2.09. The van der Waals surface area contributed by atoms with Crippen LogP contribution in [-0.4, -0.2) is 24.5 Å². The number of hydrogen-bond acceptors (Lipinski definition) is 6. The Morgan fingerprint density at radius 3 is 2.81 bits per heavy atom. The SMILES string of the molecule is COc1ccc(C(=O)Nc2cccc(OCCCC#N)c2)cc1[N+](=O)[O-]. The Kier molecular flexibility index (Phi) is 6.51. The van der Waals surface area contributed by atoms with E-state index in [1.807, 2.05) is 6.07 Å². The standard InChI is InChI=1S/C18H17N3O5/c1-25-17-8-7-13(11-16(17)21(23)24)18(22)20-14-5-4-6-15(12-14)26-10-3-2-9-19/h4-8,11-12H,2-3,10H2,1H3,(H,20,22). The highest BCUT2D eigenvalue weighted by Crippen LogP contribution is 2.28. The molecule has 2 aromatic rings. The summed E-state index contributed by atoms with van der Waals surface area (Å²) in [4.78, 5) is 22.8. The number of nitro groups is 1. The average Bonchev–Trinajstić information content (AvgIpc) is 2.65. The Morgan fingerprint density at radius 1 is 1.31 bits per heavy atom. The topological polar surface area (TPSA) is 114 Å². The van der Waals surface area contributed by atoms with Gasteiger partial charge < -0.3 is 14.8 Å². The fraction of sp³-hybridized carbons (Fsp3) is 0.222. The molecular formula is C18H17N3O5. The van der Waals surface area contributed by atoms with Crippen molar-refractivity contribution in [3.8, 4) is 17.6 Å². The predicted octanol–water partition coefficient (Wildman–Crippen LogP) is 3.54. The molecule has 0 fully saturated rings. The number of nitrogens with zero attached hydrogens (tertiary/aromatic N) is 2. The number of anilines is 1. The van der Waals surface area contributed by atoms with Crippen molar-refractivity contribution in [2.75, 3.05) is 19.0 Å². The van der Waals surface area contributed by atoms with Crippen molar-refractivity contribution in [3.63, 3.8) is 0 Å². The lowest BCUT2D eigenvalue weighted by atomic mass is 10.1. The van der Waals surface area contributed by atoms with E-state index in [1.165, 1.54) is 19.2 Å². The number of nitro benzene ring substituents is 1. The van der Waals surface area contributed by atoms with Crippen LogP contribution in [0.1, 0.15) is 23.2 Å². The van der Waals surface area contributed by atoms with Gasteiger partial charge in [0.15, 0.2) is 5.75 Å². The molecule has 0 unspecified atom stereocenters. The molecule has 26 heavy (non-hydrogen) atoms. The predicted molar refractivity (Wildman–Crippen MR) is 94.4 cm³/mol. The number of unbranched alkanes of at least 4 members (excludes halogenated alkanes) is 1. The van der Waals surface area contributed by atoms with E-state index in [1.54, 1.807) is 24.3 Å². The number of hydrogen-bond donors (Lipinski definition) is 1. The van der Waals surface area contributed by atoms with Gasteiger partial charge in [0.25, 0.3) is 5.91 Å². The molecule has 0 bridgehead atoms. The smallest absolute Gasteiger partial charge is 0.311 e. The van der Waals surface area contributed by atoms with Gasteiger partial charge in [-0.15, -0.1) is 0 Å². The molecule has 2 aromatic carbocycles. The third-order valence-corrected chi connectivity index (χ3v) is 3.43. The normalized spacial score (nSPS) is 9.85. The van der Waals surface area contributed by atoms with Crippen LogP contribution in [0.4, 0.5) is 11.4 Å². The van der Waals surface area contributed by atoms with Crippen LogP contribution in [0.2, 0.25) is 0 Å². The molecule has 0 heterocycles. The number of carbonyl (C=O) groups excluding carboxylic acids is 1. The highest BCUT2D eigenvalue weighted by Gasteiger charge is 2.18. The van der Waals surface area contributed by atoms with E-state index in [0.29, 0.717) is 30.9 Å². The average molecular weight is 355 g/mol. The van der Waals surface area contributed by atoms with Gasteiger partial charge >= 0.3 is 5.69 Å². The van der Waals surface area contributed by atoms with E-state index in [-0.39, 0.29) is 17.0 Å². The maximum Gasteiger partial charge on any atom is 0.311 e. The van der Waals surface area contributed by atoms with Crippen LogP contribution in [0.15, 0.2) is 42.5 Å². The molecule has 0 aliphatic heterocycles. The van der Waals surface area contributed by atoms with E-state index in [4.69, 9.17) is 14.7 Å². The lowest BCUT2D eigenvalue weighted by Crippen LogP contribution is -2.12. The van der Waals surface area contributed by atoms with E-state index >= 15 is 0 Å². The van der Waals surface area contributed by atoms with Crippen LogP contribution in [0.25, 0.3) is 0 Å². The lowest BCUT2D eigenvalue weighted by molar-refractivity contribution is -0.385. The molecule has 0 saturated heterocycles. The van der Waals surface area contributed by atoms with Crippen LogP contribution in [-0.2, 0) is 0 Å². The second-order valence-corrected chi connectivity index (χ2v) is 5.24. The number of nitriles is 1. The summed E-state index contributed by atoms with van der Waals surface area (Å²) >= 11 is 0. The molecule has 8 nitrogen and oxygen atoms in total. The summed E-state index contributed by atoms with van der Waals surface area (Å²) in [5, 5.41) is 22.2. The highest BCUT2D eigenvalue weighted by atomic mass is 16.6. The van der Waals surface area contributed by atoms with Crippen LogP contribution >= 0.6 is 0 Å². The van der Waals surface area contributed by atoms with E-state index in [9.17, 15) is 14.9 Å². The molecular weight excluding hydrogens is 338 g/mol. The number of methoxy groups -OCH3 is 1. The lowest BCUT2D eigenvalue weighted by Gasteiger charge is -2.09. The largest absolute Gasteiger partial charge is 0.493 e. The van der Waals surface area contributed by atoms with Gasteiger partial charge in [0.1, 0.15) is 5.75 Å². The fourth-order valence-corrected chi connectivity index (χ4v) is 2.18. The maximum atomic E-state index is 12.3. The second-order valence-electron chi connectivity index (χ2n) is 5.24. The molecule has 2 rings (SSSR count). The van der Waals surface area contributed by atoms with Gasteiger partial charge in [0, 0.05) is 29.8 Å². The summed E-state index contributed by atoms with van der Waals surface area (Å²) in [6.45, 7) is 0.398. The molecule has 0 aliphatic carbocycles. The molecule has 0 aromatic heterocycles. The summed E-state index contributed by atoms with van der Waals surface area (Å²) < 4.78 is 10.4. The first-order valence-corrected chi connectivity index (χ1v) is 7.78. The second kappa shape index (κ2) is 9.03. The first-order valence-electron chi connectivity index (χ1n) is 7.78. The van der Waals surface area contributed by atoms with E-state index in [0.717, 1.165) is 6.07 Å². The zero-order valence-electron chi connectivity index (χ0n) is 14.1. The van der Waals surface area contributed by atoms with Gasteiger partial charge in [-0.1, -0.05) is 6.07 Å². The summed E-state index contributed by atoms with van der Waals surface area (Å²) in [6, 6.07) is 12.8. The Labute approximate surface area is 150 Å². The third kappa shape index (κ3) is 4.95. The zero-order valence-corrected chi connectivity index (χ0v) is 14.1. The number of ether oxygens (including phenoxy) is 2. The van der Waals surface area contributed by atoms with Crippen molar-refractivity contribution in [2.45, 2.75) is 12.8 Å². The summed E-state index contributed by atoms with van der Waals surface area (Å²) in [6.07, 6.45) is 1.02. The molecule has 1 amide bonds. The van der Waals surface area contributed by atoms with Gasteiger partial charge in [0.2, 0.25) is 0 Å². The van der Waals surface area contributed by atoms with E-state index in [2.05, 4.69) is 5.32 Å². The van der Waals surface area contributed by atoms with E-state index < -0.39 is 10.8 Å². The molecule has 134 valence electrons. The monoisotopic (exact) mass is 355 g/mol. The van der Waals surface area contributed by atoms with Crippen molar-refractivity contribution >= 4 is 17.3 Å². The zero-order chi connectivity index (χ0) is 18.9. The molecule has 8 heteroatoms. The van der Waals surface area contributed by atoms with Crippen molar-refractivity contribution < 1.29 is 19.2 Å². The Morgan fingerprint density at radius 2 is 2.12 bits per heavy atom. The molecule has 0 saturated carbocycles. The molecule has 0 spiro atoms. The Hall–Kier alpha value is -3.60. The number of rotatable bonds is 8. The molecule has 0 atom stereocenters. The summed E-state index contributed by atoms with van der Waals surface area (Å²) in [5.74, 6) is 0.151. The van der Waals surface area contributed by atoms with Crippen LogP contribution in [0.3, 0.4) is 0 Å². The minimum absolute atomic E-state index is 0.0827. The maximum absolute atomic E-state index is 12.3. The van der Waals surface area contributed by atoms with Crippen molar-refractivity contribution in [1.82, 2.24) is 0 Å². The third-order valence-electron chi connectivity index (χ3n) is 3.43. The van der Waals surface area contributed by atoms with Crippen LogP contribution < -0.4 is 14.8 Å². The quantitative estimate of drug-likeness (QED) is 0.440. The van der Waals surface area contributed by atoms with Crippen molar-refractivity contribution in [2.24, 2.45) is 0 Å². The van der Waals surface area contributed by atoms with Crippen LogP contribution in [0, 0.1) is 21.4 Å². The van der Waals surface area contributed by atoms with Gasteiger partial charge in [-0.2, -0.15) is 5.26 Å². The van der Waals surface area contributed by atoms with Crippen LogP contribution in [0.5, 0.6) is 11.5 Å². The molecule has 0 aliphatic rings. The van der Waals surface area contributed by atoms with Crippen molar-refractivity contribution in [1.29, 1.82) is 5.26 Å². The number of benzene rings is 2. The van der Waals surface area contributed by atoms with Crippen molar-refractivity contribution in [3.05, 3.63) is 58.1 Å². The molecule has 1 N–H and O–H groups in total. The molecule has 0 radical (unpaired) electrons. The van der Waals surface area contributed by atoms with Gasteiger partial charge in [-0.05, 0) is 30.7 Å². The highest BCUT2D eigenvalue weighted by molar-refractivity contribution is 6.04. The minimum Gasteiger partial charge on any atom is -0.493 e. The Bertz CT molecular complexity index is 845. The first-order chi connectivity index (χ1) is 12.5. The number of amides is 1. The minimum atomic E-state index is -0.606. The van der Waals surface area contributed by atoms with Gasteiger partial charge in [-0.25, -0.2) is 0 Å². The summed E-state index contributed by atoms with van der Waals surface area (Å²) in [7, 11) is 1.32. The summed E-state index contributed by atoms with van der Waals surface area (Å²) in [5.41, 5.74) is 0.346. The number of carbonyl (C=O) groups is 1. The first kappa shape index (κ1) is 18.7. The van der Waals surface area contributed by atoms with Gasteiger partial charge in [0.05, 0.1) is 24.7 Å².